The smallest absolute Gasteiger partial charge is 0.221 e. The van der Waals surface area contributed by atoms with Gasteiger partial charge >= 0.3 is 0 Å². The Hall–Kier alpha value is -1.29. The molecule has 4 aliphatic carbocycles. The van der Waals surface area contributed by atoms with Crippen LogP contribution in [0.5, 0.6) is 0 Å². The third kappa shape index (κ3) is 1.97. The standard InChI is InChI=1S/C22H30O4/c1-12-9-17-15-6-5-14-10-18(24)19(25)11-20(14,3)16(15)7-8-21(17,4)22(12,26)13(2)23/h10,12,15-17,26H,5-9,11H2,1-4H3/t12?,15-,16+,17+,20+,21+,22+/m1/s1. The van der Waals surface area contributed by atoms with Crippen molar-refractivity contribution in [3.05, 3.63) is 11.6 Å². The molecule has 0 spiro atoms. The lowest BCUT2D eigenvalue weighted by atomic mass is 9.46. The van der Waals surface area contributed by atoms with Crippen molar-refractivity contribution < 1.29 is 19.5 Å². The monoisotopic (exact) mass is 358 g/mol. The molecule has 0 aliphatic heterocycles. The molecule has 3 fully saturated rings. The lowest BCUT2D eigenvalue weighted by Gasteiger charge is -2.58. The maximum Gasteiger partial charge on any atom is 0.221 e. The molecule has 0 bridgehead atoms. The van der Waals surface area contributed by atoms with Crippen LogP contribution in [0.1, 0.15) is 66.2 Å². The first-order valence-electron chi connectivity index (χ1n) is 10.1. The number of ketones is 3. The van der Waals surface area contributed by atoms with Gasteiger partial charge in [-0.1, -0.05) is 26.3 Å². The van der Waals surface area contributed by atoms with Crippen LogP contribution >= 0.6 is 0 Å². The van der Waals surface area contributed by atoms with E-state index in [9.17, 15) is 19.5 Å². The lowest BCUT2D eigenvalue weighted by Crippen LogP contribution is -2.58. The minimum Gasteiger partial charge on any atom is -0.381 e. The van der Waals surface area contributed by atoms with Gasteiger partial charge in [0.25, 0.3) is 0 Å². The van der Waals surface area contributed by atoms with E-state index in [1.165, 1.54) is 6.92 Å². The predicted molar refractivity (Wildman–Crippen MR) is 97.3 cm³/mol. The second-order valence-electron chi connectivity index (χ2n) is 9.88. The highest BCUT2D eigenvalue weighted by atomic mass is 16.3. The number of rotatable bonds is 1. The summed E-state index contributed by atoms with van der Waals surface area (Å²) in [6.45, 7) is 7.82. The number of Topliss-reactive ketones (excluding diaryl/α,β-unsaturated/α-hetero) is 2. The van der Waals surface area contributed by atoms with Gasteiger partial charge < -0.3 is 5.11 Å². The van der Waals surface area contributed by atoms with Crippen LogP contribution in [0, 0.1) is 34.5 Å². The molecule has 0 radical (unpaired) electrons. The Morgan fingerprint density at radius 3 is 2.54 bits per heavy atom. The summed E-state index contributed by atoms with van der Waals surface area (Å²) >= 11 is 0. The lowest BCUT2D eigenvalue weighted by molar-refractivity contribution is -0.166. The molecule has 0 aromatic rings. The molecule has 0 saturated heterocycles. The molecule has 4 heteroatoms. The van der Waals surface area contributed by atoms with Gasteiger partial charge in [-0.15, -0.1) is 0 Å². The zero-order valence-electron chi connectivity index (χ0n) is 16.3. The van der Waals surface area contributed by atoms with Gasteiger partial charge in [0.1, 0.15) is 5.60 Å². The second kappa shape index (κ2) is 5.37. The van der Waals surface area contributed by atoms with Crippen LogP contribution in [0.4, 0.5) is 0 Å². The van der Waals surface area contributed by atoms with Crippen LogP contribution in [0.3, 0.4) is 0 Å². The van der Waals surface area contributed by atoms with E-state index in [0.29, 0.717) is 24.2 Å². The van der Waals surface area contributed by atoms with Gasteiger partial charge in [-0.3, -0.25) is 14.4 Å². The fourth-order valence-corrected chi connectivity index (χ4v) is 7.56. The SMILES string of the molecule is CC(=O)[C@@]1(O)C(C)C[C@H]2[C@@H]3CCC4=CC(=O)C(=O)C[C@]4(C)[C@H]3CC[C@@]21C. The molecule has 0 amide bonds. The molecule has 0 heterocycles. The van der Waals surface area contributed by atoms with Gasteiger partial charge in [0, 0.05) is 11.8 Å². The minimum atomic E-state index is -1.24. The highest BCUT2D eigenvalue weighted by Gasteiger charge is 2.68. The molecular formula is C22H30O4. The molecule has 7 atom stereocenters. The predicted octanol–water partition coefficient (Wildman–Crippen LogP) is 3.26. The zero-order valence-corrected chi connectivity index (χ0v) is 16.3. The molecule has 1 N–H and O–H groups in total. The molecular weight excluding hydrogens is 328 g/mol. The average molecular weight is 358 g/mol. The number of carbonyl (C=O) groups excluding carboxylic acids is 3. The van der Waals surface area contributed by atoms with E-state index in [1.54, 1.807) is 6.08 Å². The average Bonchev–Trinajstić information content (AvgIpc) is 2.78. The quantitative estimate of drug-likeness (QED) is 0.730. The Balaban J connectivity index is 1.74. The van der Waals surface area contributed by atoms with Crippen molar-refractivity contribution in [1.82, 2.24) is 0 Å². The molecule has 1 unspecified atom stereocenters. The van der Waals surface area contributed by atoms with Gasteiger partial charge in [-0.25, -0.2) is 0 Å². The van der Waals surface area contributed by atoms with Crippen LogP contribution < -0.4 is 0 Å². The van der Waals surface area contributed by atoms with Crippen molar-refractivity contribution in [2.24, 2.45) is 34.5 Å². The van der Waals surface area contributed by atoms with Crippen molar-refractivity contribution in [2.75, 3.05) is 0 Å². The third-order valence-corrected chi connectivity index (χ3v) is 8.96. The van der Waals surface area contributed by atoms with E-state index in [0.717, 1.165) is 37.7 Å². The van der Waals surface area contributed by atoms with Crippen molar-refractivity contribution in [1.29, 1.82) is 0 Å². The molecule has 0 aromatic carbocycles. The highest BCUT2D eigenvalue weighted by Crippen LogP contribution is 2.68. The van der Waals surface area contributed by atoms with Gasteiger partial charge in [0.2, 0.25) is 11.6 Å². The molecule has 4 aliphatic rings. The van der Waals surface area contributed by atoms with E-state index in [-0.39, 0.29) is 34.1 Å². The Bertz CT molecular complexity index is 736. The summed E-state index contributed by atoms with van der Waals surface area (Å²) in [5.41, 5.74) is -0.696. The van der Waals surface area contributed by atoms with Gasteiger partial charge in [0.05, 0.1) is 0 Å². The summed E-state index contributed by atoms with van der Waals surface area (Å²) in [4.78, 5) is 36.5. The van der Waals surface area contributed by atoms with Gasteiger partial charge in [0.15, 0.2) is 5.78 Å². The van der Waals surface area contributed by atoms with Crippen LogP contribution in [0.2, 0.25) is 0 Å². The first-order chi connectivity index (χ1) is 12.1. The zero-order chi connectivity index (χ0) is 19.1. The summed E-state index contributed by atoms with van der Waals surface area (Å²) in [6, 6.07) is 0. The number of fused-ring (bicyclic) bond motifs is 5. The van der Waals surface area contributed by atoms with E-state index in [2.05, 4.69) is 13.8 Å². The van der Waals surface area contributed by atoms with Gasteiger partial charge in [-0.2, -0.15) is 0 Å². The Labute approximate surface area is 155 Å². The van der Waals surface area contributed by atoms with E-state index >= 15 is 0 Å². The highest BCUT2D eigenvalue weighted by molar-refractivity contribution is 6.42. The number of allylic oxidation sites excluding steroid dienone is 1. The number of carbonyl (C=O) groups is 3. The Morgan fingerprint density at radius 2 is 1.88 bits per heavy atom. The largest absolute Gasteiger partial charge is 0.381 e. The Kier molecular flexibility index (Phi) is 3.74. The number of aliphatic hydroxyl groups is 1. The fraction of sp³-hybridized carbons (Fsp3) is 0.773. The van der Waals surface area contributed by atoms with Gasteiger partial charge in [-0.05, 0) is 74.2 Å². The summed E-state index contributed by atoms with van der Waals surface area (Å²) < 4.78 is 0. The Morgan fingerprint density at radius 1 is 1.19 bits per heavy atom. The summed E-state index contributed by atoms with van der Waals surface area (Å²) in [6.07, 6.45) is 6.38. The molecule has 0 aromatic heterocycles. The molecule has 142 valence electrons. The van der Waals surface area contributed by atoms with Crippen LogP contribution in [-0.2, 0) is 14.4 Å². The third-order valence-electron chi connectivity index (χ3n) is 8.96. The maximum absolute atomic E-state index is 12.4. The number of hydrogen-bond acceptors (Lipinski definition) is 4. The van der Waals surface area contributed by atoms with Crippen LogP contribution in [0.25, 0.3) is 0 Å². The molecule has 4 nitrogen and oxygen atoms in total. The fourth-order valence-electron chi connectivity index (χ4n) is 7.56. The second-order valence-corrected chi connectivity index (χ2v) is 9.88. The molecule has 4 rings (SSSR count). The van der Waals surface area contributed by atoms with E-state index in [4.69, 9.17) is 0 Å². The van der Waals surface area contributed by atoms with E-state index < -0.39 is 5.60 Å². The summed E-state index contributed by atoms with van der Waals surface area (Å²) in [7, 11) is 0. The van der Waals surface area contributed by atoms with E-state index in [1.807, 2.05) is 6.92 Å². The minimum absolute atomic E-state index is 0.0342. The van der Waals surface area contributed by atoms with Crippen molar-refractivity contribution in [3.63, 3.8) is 0 Å². The first-order valence-corrected chi connectivity index (χ1v) is 10.1. The number of hydrogen-bond donors (Lipinski definition) is 1. The van der Waals surface area contributed by atoms with Crippen LogP contribution in [0.15, 0.2) is 11.6 Å². The van der Waals surface area contributed by atoms with Crippen molar-refractivity contribution in [3.8, 4) is 0 Å². The topological polar surface area (TPSA) is 71.4 Å². The van der Waals surface area contributed by atoms with Crippen molar-refractivity contribution >= 4 is 17.3 Å². The van der Waals surface area contributed by atoms with Crippen LogP contribution in [-0.4, -0.2) is 28.1 Å². The molecule has 26 heavy (non-hydrogen) atoms. The normalized spacial score (nSPS) is 50.6. The summed E-state index contributed by atoms with van der Waals surface area (Å²) in [5, 5.41) is 11.4. The molecule has 3 saturated carbocycles. The maximum atomic E-state index is 12.4. The van der Waals surface area contributed by atoms with Crippen molar-refractivity contribution in [2.45, 2.75) is 71.8 Å². The summed E-state index contributed by atoms with van der Waals surface area (Å²) in [5.74, 6) is 0.341. The first kappa shape index (κ1) is 18.1.